The average molecular weight is 400 g/mol. The highest BCUT2D eigenvalue weighted by molar-refractivity contribution is 9.10. The van der Waals surface area contributed by atoms with Crippen molar-refractivity contribution >= 4 is 27.8 Å². The molecule has 6 nitrogen and oxygen atoms in total. The molecule has 1 fully saturated rings. The van der Waals surface area contributed by atoms with Crippen LogP contribution >= 0.6 is 15.9 Å². The number of piperazine rings is 1. The van der Waals surface area contributed by atoms with E-state index in [0.717, 1.165) is 16.0 Å². The van der Waals surface area contributed by atoms with Crippen molar-refractivity contribution in [1.82, 2.24) is 9.88 Å². The van der Waals surface area contributed by atoms with E-state index in [1.807, 2.05) is 33.8 Å². The van der Waals surface area contributed by atoms with Crippen LogP contribution in [0.3, 0.4) is 0 Å². The number of anilines is 1. The summed E-state index contributed by atoms with van der Waals surface area (Å²) in [5.74, 6) is 1.64. The van der Waals surface area contributed by atoms with Crippen molar-refractivity contribution in [2.75, 3.05) is 31.1 Å². The average Bonchev–Trinajstić information content (AvgIpc) is 2.48. The zero-order chi connectivity index (χ0) is 17.9. The van der Waals surface area contributed by atoms with Crippen LogP contribution in [-0.4, -0.2) is 53.9 Å². The summed E-state index contributed by atoms with van der Waals surface area (Å²) < 4.78 is 11.9. The maximum absolute atomic E-state index is 12.2. The van der Waals surface area contributed by atoms with Crippen molar-refractivity contribution in [1.29, 1.82) is 0 Å². The van der Waals surface area contributed by atoms with Gasteiger partial charge in [-0.3, -0.25) is 0 Å². The molecule has 0 radical (unpaired) electrons. The Kier molecular flexibility index (Phi) is 5.96. The van der Waals surface area contributed by atoms with Gasteiger partial charge in [-0.25, -0.2) is 9.78 Å². The number of nitrogens with zero attached hydrogens (tertiary/aromatic N) is 3. The number of carbonyl (C=O) groups excluding carboxylic acids is 1. The zero-order valence-corrected chi connectivity index (χ0v) is 16.6. The quantitative estimate of drug-likeness (QED) is 0.775. The molecule has 0 aliphatic carbocycles. The molecule has 0 bridgehead atoms. The summed E-state index contributed by atoms with van der Waals surface area (Å²) in [6.45, 7) is 12.2. The number of ether oxygens (including phenoxy) is 2. The molecule has 2 heterocycles. The van der Waals surface area contributed by atoms with E-state index in [2.05, 4.69) is 32.7 Å². The summed E-state index contributed by atoms with van der Waals surface area (Å²) >= 11 is 3.45. The van der Waals surface area contributed by atoms with Gasteiger partial charge in [-0.05, 0) is 50.5 Å². The lowest BCUT2D eigenvalue weighted by Gasteiger charge is -2.40. The molecular formula is C17H26BrN3O3. The molecule has 1 unspecified atom stereocenters. The van der Waals surface area contributed by atoms with Crippen LogP contribution in [0.5, 0.6) is 5.75 Å². The SMILES string of the molecule is CCOc1cc(N2CCN(C(=O)OC(C)(C)C)CC2C)ncc1Br. The van der Waals surface area contributed by atoms with E-state index < -0.39 is 5.60 Å². The van der Waals surface area contributed by atoms with Crippen molar-refractivity contribution in [2.45, 2.75) is 46.3 Å². The number of aromatic nitrogens is 1. The number of hydrogen-bond acceptors (Lipinski definition) is 5. The van der Waals surface area contributed by atoms with Gasteiger partial charge in [0, 0.05) is 37.9 Å². The first-order valence-electron chi connectivity index (χ1n) is 8.24. The Morgan fingerprint density at radius 1 is 1.42 bits per heavy atom. The van der Waals surface area contributed by atoms with Gasteiger partial charge in [0.2, 0.25) is 0 Å². The van der Waals surface area contributed by atoms with Gasteiger partial charge in [-0.1, -0.05) is 0 Å². The van der Waals surface area contributed by atoms with E-state index in [-0.39, 0.29) is 12.1 Å². The third-order valence-electron chi connectivity index (χ3n) is 3.68. The second-order valence-corrected chi connectivity index (χ2v) is 7.73. The number of amides is 1. The van der Waals surface area contributed by atoms with Crippen molar-refractivity contribution in [2.24, 2.45) is 0 Å². The highest BCUT2D eigenvalue weighted by atomic mass is 79.9. The van der Waals surface area contributed by atoms with E-state index in [9.17, 15) is 4.79 Å². The summed E-state index contributed by atoms with van der Waals surface area (Å²) in [5, 5.41) is 0. The molecule has 0 saturated carbocycles. The Labute approximate surface area is 152 Å². The summed E-state index contributed by atoms with van der Waals surface area (Å²) in [4.78, 5) is 20.7. The molecule has 2 rings (SSSR count). The smallest absolute Gasteiger partial charge is 0.410 e. The molecule has 1 aromatic heterocycles. The maximum atomic E-state index is 12.2. The minimum Gasteiger partial charge on any atom is -0.492 e. The topological polar surface area (TPSA) is 54.9 Å². The van der Waals surface area contributed by atoms with Crippen LogP contribution in [-0.2, 0) is 4.74 Å². The zero-order valence-electron chi connectivity index (χ0n) is 15.0. The molecule has 0 aromatic carbocycles. The predicted octanol–water partition coefficient (Wildman–Crippen LogP) is 3.69. The van der Waals surface area contributed by atoms with E-state index in [1.165, 1.54) is 0 Å². The lowest BCUT2D eigenvalue weighted by Crippen LogP contribution is -2.54. The number of hydrogen-bond donors (Lipinski definition) is 0. The lowest BCUT2D eigenvalue weighted by molar-refractivity contribution is 0.0218. The van der Waals surface area contributed by atoms with E-state index >= 15 is 0 Å². The van der Waals surface area contributed by atoms with Crippen molar-refractivity contribution in [3.63, 3.8) is 0 Å². The standard InChI is InChI=1S/C17H26BrN3O3/c1-6-23-14-9-15(19-10-13(14)18)21-8-7-20(11-12(21)2)16(22)24-17(3,4)5/h9-10,12H,6-8,11H2,1-5H3. The van der Waals surface area contributed by atoms with Gasteiger partial charge in [0.05, 0.1) is 11.1 Å². The summed E-state index contributed by atoms with van der Waals surface area (Å²) in [5.41, 5.74) is -0.475. The predicted molar refractivity (Wildman–Crippen MR) is 97.7 cm³/mol. The van der Waals surface area contributed by atoms with E-state index in [4.69, 9.17) is 9.47 Å². The second kappa shape index (κ2) is 7.59. The maximum Gasteiger partial charge on any atom is 0.410 e. The van der Waals surface area contributed by atoms with Crippen molar-refractivity contribution in [3.05, 3.63) is 16.7 Å². The molecular weight excluding hydrogens is 374 g/mol. The van der Waals surface area contributed by atoms with Crippen LogP contribution in [0, 0.1) is 0 Å². The largest absolute Gasteiger partial charge is 0.492 e. The van der Waals surface area contributed by atoms with Crippen LogP contribution in [0.25, 0.3) is 0 Å². The number of pyridine rings is 1. The summed E-state index contributed by atoms with van der Waals surface area (Å²) in [7, 11) is 0. The first kappa shape index (κ1) is 18.8. The molecule has 24 heavy (non-hydrogen) atoms. The van der Waals surface area contributed by atoms with Gasteiger partial charge in [0.15, 0.2) is 0 Å². The first-order valence-corrected chi connectivity index (χ1v) is 9.03. The fourth-order valence-electron chi connectivity index (χ4n) is 2.62. The van der Waals surface area contributed by atoms with Crippen molar-refractivity contribution < 1.29 is 14.3 Å². The molecule has 1 amide bonds. The van der Waals surface area contributed by atoms with E-state index in [1.54, 1.807) is 11.1 Å². The Balaban J connectivity index is 2.06. The summed E-state index contributed by atoms with van der Waals surface area (Å²) in [6, 6.07) is 2.09. The normalized spacial score (nSPS) is 18.5. The van der Waals surface area contributed by atoms with Crippen LogP contribution in [0.15, 0.2) is 16.7 Å². The monoisotopic (exact) mass is 399 g/mol. The Morgan fingerprint density at radius 2 is 2.12 bits per heavy atom. The Hall–Kier alpha value is -1.50. The number of carbonyl (C=O) groups is 1. The van der Waals surface area contributed by atoms with Gasteiger partial charge in [-0.15, -0.1) is 0 Å². The van der Waals surface area contributed by atoms with Gasteiger partial charge in [0.25, 0.3) is 0 Å². The third kappa shape index (κ3) is 4.75. The molecule has 0 N–H and O–H groups in total. The molecule has 1 aliphatic rings. The van der Waals surface area contributed by atoms with Crippen LogP contribution in [0.1, 0.15) is 34.6 Å². The highest BCUT2D eigenvalue weighted by Gasteiger charge is 2.30. The van der Waals surface area contributed by atoms with Gasteiger partial charge in [0.1, 0.15) is 17.2 Å². The van der Waals surface area contributed by atoms with Gasteiger partial charge in [-0.2, -0.15) is 0 Å². The molecule has 1 atom stereocenters. The molecule has 1 saturated heterocycles. The fraction of sp³-hybridized carbons (Fsp3) is 0.647. The minimum atomic E-state index is -0.475. The molecule has 1 aliphatic heterocycles. The second-order valence-electron chi connectivity index (χ2n) is 6.87. The first-order chi connectivity index (χ1) is 11.2. The minimum absolute atomic E-state index is 0.148. The number of rotatable bonds is 3. The molecule has 0 spiro atoms. The van der Waals surface area contributed by atoms with Crippen LogP contribution < -0.4 is 9.64 Å². The van der Waals surface area contributed by atoms with Crippen molar-refractivity contribution in [3.8, 4) is 5.75 Å². The van der Waals surface area contributed by atoms with Crippen LogP contribution in [0.2, 0.25) is 0 Å². The molecule has 1 aromatic rings. The third-order valence-corrected chi connectivity index (χ3v) is 4.27. The Bertz CT molecular complexity index is 589. The molecule has 134 valence electrons. The van der Waals surface area contributed by atoms with Gasteiger partial charge >= 0.3 is 6.09 Å². The Morgan fingerprint density at radius 3 is 2.71 bits per heavy atom. The summed E-state index contributed by atoms with van der Waals surface area (Å²) in [6.07, 6.45) is 1.50. The van der Waals surface area contributed by atoms with E-state index in [0.29, 0.717) is 26.2 Å². The highest BCUT2D eigenvalue weighted by Crippen LogP contribution is 2.29. The van der Waals surface area contributed by atoms with Crippen LogP contribution in [0.4, 0.5) is 10.6 Å². The van der Waals surface area contributed by atoms with Gasteiger partial charge < -0.3 is 19.3 Å². The number of halogens is 1. The fourth-order valence-corrected chi connectivity index (χ4v) is 2.95. The lowest BCUT2D eigenvalue weighted by atomic mass is 10.2. The molecule has 7 heteroatoms.